The minimum Gasteiger partial charge on any atom is -0.368 e. The molecule has 1 aliphatic rings. The van der Waals surface area contributed by atoms with Gasteiger partial charge in [0.05, 0.1) is 5.56 Å². The minimum atomic E-state index is -0.0817. The van der Waals surface area contributed by atoms with Gasteiger partial charge in [-0.3, -0.25) is 9.36 Å². The summed E-state index contributed by atoms with van der Waals surface area (Å²) in [6.07, 6.45) is 5.67. The summed E-state index contributed by atoms with van der Waals surface area (Å²) in [6, 6.07) is 12.0. The Morgan fingerprint density at radius 3 is 2.64 bits per heavy atom. The van der Waals surface area contributed by atoms with Gasteiger partial charge < -0.3 is 14.3 Å². The van der Waals surface area contributed by atoms with Crippen LogP contribution in [0.15, 0.2) is 59.6 Å². The Morgan fingerprint density at radius 1 is 1.06 bits per heavy atom. The number of carbonyl (C=O) groups excluding carboxylic acids is 1. The van der Waals surface area contributed by atoms with Crippen molar-refractivity contribution in [2.75, 3.05) is 31.1 Å². The summed E-state index contributed by atoms with van der Waals surface area (Å²) in [7, 11) is 0. The molecule has 0 radical (unpaired) electrons. The quantitative estimate of drug-likeness (QED) is 0.468. The van der Waals surface area contributed by atoms with Crippen molar-refractivity contribution >= 4 is 11.6 Å². The molecule has 168 valence electrons. The van der Waals surface area contributed by atoms with Gasteiger partial charge in [0.1, 0.15) is 12.0 Å². The third kappa shape index (κ3) is 4.09. The van der Waals surface area contributed by atoms with Crippen LogP contribution in [-0.2, 0) is 6.42 Å². The molecule has 1 amide bonds. The molecule has 1 aromatic carbocycles. The van der Waals surface area contributed by atoms with Gasteiger partial charge in [0.15, 0.2) is 11.6 Å². The highest BCUT2D eigenvalue weighted by molar-refractivity contribution is 5.92. The number of piperazine rings is 1. The lowest BCUT2D eigenvalue weighted by Gasteiger charge is -2.36. The average Bonchev–Trinajstić information content (AvgIpc) is 3.54. The first-order valence-electron chi connectivity index (χ1n) is 11.1. The first-order chi connectivity index (χ1) is 16.1. The zero-order valence-corrected chi connectivity index (χ0v) is 18.7. The molecular formula is C24H25N7O2. The summed E-state index contributed by atoms with van der Waals surface area (Å²) in [6.45, 7) is 6.96. The first kappa shape index (κ1) is 20.9. The van der Waals surface area contributed by atoms with Crippen LogP contribution in [0.2, 0.25) is 0 Å². The number of pyridine rings is 1. The molecule has 4 aromatic rings. The van der Waals surface area contributed by atoms with Gasteiger partial charge in [-0.1, -0.05) is 30.3 Å². The summed E-state index contributed by atoms with van der Waals surface area (Å²) >= 11 is 0. The SMILES string of the molecule is CCc1noc(-c2cccnc2-n2cnc(C(=O)N3CCN(c4ccccc4C)CC3)c2)n1. The highest BCUT2D eigenvalue weighted by Crippen LogP contribution is 2.24. The fourth-order valence-electron chi connectivity index (χ4n) is 4.06. The summed E-state index contributed by atoms with van der Waals surface area (Å²) in [5, 5.41) is 3.97. The molecule has 1 saturated heterocycles. The number of carbonyl (C=O) groups is 1. The number of aryl methyl sites for hydroxylation is 2. The third-order valence-corrected chi connectivity index (χ3v) is 5.87. The van der Waals surface area contributed by atoms with Crippen LogP contribution in [0.3, 0.4) is 0 Å². The molecule has 9 nitrogen and oxygen atoms in total. The Morgan fingerprint density at radius 2 is 1.88 bits per heavy atom. The fraction of sp³-hybridized carbons (Fsp3) is 0.292. The van der Waals surface area contributed by atoms with E-state index >= 15 is 0 Å². The predicted octanol–water partition coefficient (Wildman–Crippen LogP) is 3.15. The Hall–Kier alpha value is -4.01. The van der Waals surface area contributed by atoms with Crippen LogP contribution in [0.5, 0.6) is 0 Å². The molecule has 0 unspecified atom stereocenters. The first-order valence-corrected chi connectivity index (χ1v) is 11.1. The van der Waals surface area contributed by atoms with Crippen LogP contribution in [0.1, 0.15) is 28.8 Å². The number of anilines is 1. The van der Waals surface area contributed by atoms with E-state index in [1.54, 1.807) is 23.3 Å². The van der Waals surface area contributed by atoms with Gasteiger partial charge in [0, 0.05) is 50.7 Å². The predicted molar refractivity (Wildman–Crippen MR) is 123 cm³/mol. The van der Waals surface area contributed by atoms with Gasteiger partial charge >= 0.3 is 0 Å². The largest absolute Gasteiger partial charge is 0.368 e. The van der Waals surface area contributed by atoms with E-state index in [2.05, 4.69) is 50.1 Å². The normalized spacial score (nSPS) is 14.0. The maximum absolute atomic E-state index is 13.1. The molecule has 5 rings (SSSR count). The molecule has 3 aromatic heterocycles. The van der Waals surface area contributed by atoms with Gasteiger partial charge in [-0.2, -0.15) is 4.98 Å². The van der Waals surface area contributed by atoms with Crippen LogP contribution < -0.4 is 4.90 Å². The molecule has 4 heterocycles. The van der Waals surface area contributed by atoms with Crippen LogP contribution in [0.4, 0.5) is 5.69 Å². The van der Waals surface area contributed by atoms with Gasteiger partial charge in [0.25, 0.3) is 11.8 Å². The molecular weight excluding hydrogens is 418 g/mol. The highest BCUT2D eigenvalue weighted by atomic mass is 16.5. The van der Waals surface area contributed by atoms with E-state index in [0.29, 0.717) is 48.3 Å². The third-order valence-electron chi connectivity index (χ3n) is 5.87. The molecule has 1 fully saturated rings. The minimum absolute atomic E-state index is 0.0817. The number of rotatable bonds is 5. The fourth-order valence-corrected chi connectivity index (χ4v) is 4.06. The number of hydrogen-bond acceptors (Lipinski definition) is 7. The Balaban J connectivity index is 1.32. The van der Waals surface area contributed by atoms with Gasteiger partial charge in [0.2, 0.25) is 0 Å². The second-order valence-corrected chi connectivity index (χ2v) is 7.98. The summed E-state index contributed by atoms with van der Waals surface area (Å²) in [5.41, 5.74) is 3.54. The zero-order chi connectivity index (χ0) is 22.8. The second kappa shape index (κ2) is 8.85. The Bertz CT molecular complexity index is 1270. The molecule has 0 bridgehead atoms. The van der Waals surface area contributed by atoms with E-state index in [-0.39, 0.29) is 5.91 Å². The number of para-hydroxylation sites is 1. The summed E-state index contributed by atoms with van der Waals surface area (Å²) in [4.78, 5) is 30.5. The van der Waals surface area contributed by atoms with Crippen molar-refractivity contribution in [3.63, 3.8) is 0 Å². The highest BCUT2D eigenvalue weighted by Gasteiger charge is 2.25. The Labute approximate surface area is 191 Å². The van der Waals surface area contributed by atoms with Crippen molar-refractivity contribution in [1.29, 1.82) is 0 Å². The van der Waals surface area contributed by atoms with Gasteiger partial charge in [-0.15, -0.1) is 0 Å². The van der Waals surface area contributed by atoms with Gasteiger partial charge in [-0.25, -0.2) is 9.97 Å². The Kier molecular flexibility index (Phi) is 5.60. The van der Waals surface area contributed by atoms with Crippen molar-refractivity contribution < 1.29 is 9.32 Å². The monoisotopic (exact) mass is 443 g/mol. The lowest BCUT2D eigenvalue weighted by molar-refractivity contribution is 0.0741. The number of amides is 1. The number of nitrogens with zero attached hydrogens (tertiary/aromatic N) is 7. The number of imidazole rings is 1. The van der Waals surface area contributed by atoms with Crippen LogP contribution >= 0.6 is 0 Å². The maximum Gasteiger partial charge on any atom is 0.274 e. The molecule has 1 aliphatic heterocycles. The molecule has 0 N–H and O–H groups in total. The van der Waals surface area contributed by atoms with E-state index in [1.807, 2.05) is 30.0 Å². The van der Waals surface area contributed by atoms with Crippen molar-refractivity contribution in [3.05, 3.63) is 72.2 Å². The lowest BCUT2D eigenvalue weighted by atomic mass is 10.1. The molecule has 0 saturated carbocycles. The average molecular weight is 444 g/mol. The second-order valence-electron chi connectivity index (χ2n) is 7.98. The molecule has 9 heteroatoms. The van der Waals surface area contributed by atoms with E-state index < -0.39 is 0 Å². The number of hydrogen-bond donors (Lipinski definition) is 0. The summed E-state index contributed by atoms with van der Waals surface area (Å²) in [5.74, 6) is 1.52. The van der Waals surface area contributed by atoms with Crippen LogP contribution in [0.25, 0.3) is 17.3 Å². The van der Waals surface area contributed by atoms with Crippen LogP contribution in [0, 0.1) is 6.92 Å². The molecule has 33 heavy (non-hydrogen) atoms. The van der Waals surface area contributed by atoms with E-state index in [0.717, 1.165) is 13.1 Å². The van der Waals surface area contributed by atoms with Crippen molar-refractivity contribution in [2.24, 2.45) is 0 Å². The van der Waals surface area contributed by atoms with E-state index in [9.17, 15) is 4.79 Å². The lowest BCUT2D eigenvalue weighted by Crippen LogP contribution is -2.49. The smallest absolute Gasteiger partial charge is 0.274 e. The zero-order valence-electron chi connectivity index (χ0n) is 18.7. The maximum atomic E-state index is 13.1. The summed E-state index contributed by atoms with van der Waals surface area (Å²) < 4.78 is 7.12. The van der Waals surface area contributed by atoms with E-state index in [1.165, 1.54) is 11.3 Å². The topological polar surface area (TPSA) is 93.2 Å². The number of aromatic nitrogens is 5. The molecule has 0 aliphatic carbocycles. The van der Waals surface area contributed by atoms with Gasteiger partial charge in [-0.05, 0) is 30.7 Å². The van der Waals surface area contributed by atoms with E-state index in [4.69, 9.17) is 4.52 Å². The molecule has 0 spiro atoms. The van der Waals surface area contributed by atoms with Crippen molar-refractivity contribution in [1.82, 2.24) is 29.6 Å². The molecule has 0 atom stereocenters. The standard InChI is InChI=1S/C24H25N7O2/c1-3-21-27-23(33-28-21)18-8-6-10-25-22(18)31-15-19(26-16-31)24(32)30-13-11-29(12-14-30)20-9-5-4-7-17(20)2/h4-10,15-16H,3,11-14H2,1-2H3. The van der Waals surface area contributed by atoms with Crippen LogP contribution in [-0.4, -0.2) is 61.7 Å². The number of benzene rings is 1. The van der Waals surface area contributed by atoms with Crippen molar-refractivity contribution in [2.45, 2.75) is 20.3 Å². The van der Waals surface area contributed by atoms with Crippen molar-refractivity contribution in [3.8, 4) is 17.3 Å².